The standard InChI is InChI=1S/C15H20FNO3/c1-9(15(2,3)4)14(20)17-11-6-5-10(7-13(18)19)12(16)8-11/h5-6,8-9H,7H2,1-4H3,(H,17,20)(H,18,19). The van der Waals surface area contributed by atoms with Crippen molar-refractivity contribution >= 4 is 17.6 Å². The highest BCUT2D eigenvalue weighted by Crippen LogP contribution is 2.26. The molecule has 1 aromatic rings. The summed E-state index contributed by atoms with van der Waals surface area (Å²) >= 11 is 0. The Labute approximate surface area is 118 Å². The van der Waals surface area contributed by atoms with Gasteiger partial charge in [0.1, 0.15) is 5.82 Å². The minimum atomic E-state index is -1.10. The molecule has 1 amide bonds. The Kier molecular flexibility index (Phi) is 4.87. The van der Waals surface area contributed by atoms with Crippen molar-refractivity contribution < 1.29 is 19.1 Å². The first-order valence-corrected chi connectivity index (χ1v) is 6.42. The van der Waals surface area contributed by atoms with Crippen molar-refractivity contribution in [3.05, 3.63) is 29.6 Å². The van der Waals surface area contributed by atoms with Gasteiger partial charge in [-0.05, 0) is 23.1 Å². The molecule has 0 fully saturated rings. The van der Waals surface area contributed by atoms with Crippen molar-refractivity contribution in [3.63, 3.8) is 0 Å². The lowest BCUT2D eigenvalue weighted by Crippen LogP contribution is -2.30. The zero-order chi connectivity index (χ0) is 15.5. The van der Waals surface area contributed by atoms with Crippen molar-refractivity contribution in [3.8, 4) is 0 Å². The fraction of sp³-hybridized carbons (Fsp3) is 0.467. The van der Waals surface area contributed by atoms with Crippen LogP contribution in [0.4, 0.5) is 10.1 Å². The van der Waals surface area contributed by atoms with Gasteiger partial charge in [0.2, 0.25) is 5.91 Å². The molecule has 4 nitrogen and oxygen atoms in total. The van der Waals surface area contributed by atoms with Crippen molar-refractivity contribution in [1.82, 2.24) is 0 Å². The molecule has 0 aromatic heterocycles. The van der Waals surface area contributed by atoms with Crippen LogP contribution in [0.5, 0.6) is 0 Å². The summed E-state index contributed by atoms with van der Waals surface area (Å²) in [4.78, 5) is 22.6. The van der Waals surface area contributed by atoms with E-state index < -0.39 is 11.8 Å². The van der Waals surface area contributed by atoms with E-state index in [1.807, 2.05) is 27.7 Å². The fourth-order valence-corrected chi connectivity index (χ4v) is 1.58. The predicted octanol–water partition coefficient (Wildman–Crippen LogP) is 3.07. The second-order valence-electron chi connectivity index (χ2n) is 5.95. The molecule has 0 spiro atoms. The Morgan fingerprint density at radius 2 is 1.95 bits per heavy atom. The van der Waals surface area contributed by atoms with Gasteiger partial charge in [-0.25, -0.2) is 4.39 Å². The van der Waals surface area contributed by atoms with Crippen LogP contribution >= 0.6 is 0 Å². The lowest BCUT2D eigenvalue weighted by molar-refractivity contribution is -0.136. The number of carboxylic acid groups (broad SMARTS) is 1. The van der Waals surface area contributed by atoms with E-state index in [9.17, 15) is 14.0 Å². The van der Waals surface area contributed by atoms with E-state index in [1.165, 1.54) is 12.1 Å². The van der Waals surface area contributed by atoms with Crippen LogP contribution in [0.1, 0.15) is 33.3 Å². The molecule has 0 saturated carbocycles. The largest absolute Gasteiger partial charge is 0.481 e. The molecule has 0 saturated heterocycles. The average molecular weight is 281 g/mol. The van der Waals surface area contributed by atoms with Gasteiger partial charge in [0.05, 0.1) is 6.42 Å². The highest BCUT2D eigenvalue weighted by molar-refractivity contribution is 5.92. The van der Waals surface area contributed by atoms with Crippen LogP contribution in [0, 0.1) is 17.2 Å². The smallest absolute Gasteiger partial charge is 0.307 e. The second kappa shape index (κ2) is 6.03. The summed E-state index contributed by atoms with van der Waals surface area (Å²) in [6.45, 7) is 7.67. The first kappa shape index (κ1) is 16.1. The summed E-state index contributed by atoms with van der Waals surface area (Å²) in [5, 5.41) is 11.3. The highest BCUT2D eigenvalue weighted by Gasteiger charge is 2.26. The maximum absolute atomic E-state index is 13.7. The number of rotatable bonds is 4. The first-order chi connectivity index (χ1) is 9.11. The van der Waals surface area contributed by atoms with Crippen LogP contribution in [0.15, 0.2) is 18.2 Å². The number of amides is 1. The van der Waals surface area contributed by atoms with Crippen molar-refractivity contribution in [2.24, 2.45) is 11.3 Å². The molecule has 1 aromatic carbocycles. The summed E-state index contributed by atoms with van der Waals surface area (Å²) in [7, 11) is 0. The minimum absolute atomic E-state index is 0.0966. The van der Waals surface area contributed by atoms with Crippen LogP contribution in [0.3, 0.4) is 0 Å². The van der Waals surface area contributed by atoms with Crippen molar-refractivity contribution in [2.75, 3.05) is 5.32 Å². The van der Waals surface area contributed by atoms with Crippen LogP contribution in [0.2, 0.25) is 0 Å². The highest BCUT2D eigenvalue weighted by atomic mass is 19.1. The van der Waals surface area contributed by atoms with E-state index in [-0.39, 0.29) is 29.2 Å². The first-order valence-electron chi connectivity index (χ1n) is 6.42. The number of aliphatic carboxylic acids is 1. The topological polar surface area (TPSA) is 66.4 Å². The van der Waals surface area contributed by atoms with Gasteiger partial charge in [-0.3, -0.25) is 9.59 Å². The number of carbonyl (C=O) groups is 2. The molecule has 2 N–H and O–H groups in total. The monoisotopic (exact) mass is 281 g/mol. The quantitative estimate of drug-likeness (QED) is 0.891. The number of carboxylic acids is 1. The zero-order valence-electron chi connectivity index (χ0n) is 12.2. The number of nitrogens with one attached hydrogen (secondary N) is 1. The molecular formula is C15H20FNO3. The predicted molar refractivity (Wildman–Crippen MR) is 75.0 cm³/mol. The molecule has 1 rings (SSSR count). The molecule has 0 aliphatic carbocycles. The van der Waals surface area contributed by atoms with E-state index in [0.29, 0.717) is 5.69 Å². The van der Waals surface area contributed by atoms with Gasteiger partial charge in [0, 0.05) is 11.6 Å². The van der Waals surface area contributed by atoms with Gasteiger partial charge in [-0.1, -0.05) is 33.8 Å². The molecule has 0 aliphatic heterocycles. The van der Waals surface area contributed by atoms with E-state index in [0.717, 1.165) is 6.07 Å². The van der Waals surface area contributed by atoms with Gasteiger partial charge in [-0.15, -0.1) is 0 Å². The molecule has 0 heterocycles. The SMILES string of the molecule is CC(C(=O)Nc1ccc(CC(=O)O)c(F)c1)C(C)(C)C. The Morgan fingerprint density at radius 3 is 2.40 bits per heavy atom. The lowest BCUT2D eigenvalue weighted by atomic mass is 9.81. The van der Waals surface area contributed by atoms with Crippen molar-refractivity contribution in [2.45, 2.75) is 34.1 Å². The third kappa shape index (κ3) is 4.33. The number of anilines is 1. The fourth-order valence-electron chi connectivity index (χ4n) is 1.58. The van der Waals surface area contributed by atoms with E-state index >= 15 is 0 Å². The molecule has 20 heavy (non-hydrogen) atoms. The summed E-state index contributed by atoms with van der Waals surface area (Å²) in [6.07, 6.45) is -0.377. The minimum Gasteiger partial charge on any atom is -0.481 e. The van der Waals surface area contributed by atoms with Crippen LogP contribution in [-0.4, -0.2) is 17.0 Å². The molecular weight excluding hydrogens is 261 g/mol. The van der Waals surface area contributed by atoms with E-state index in [2.05, 4.69) is 5.32 Å². The number of benzene rings is 1. The van der Waals surface area contributed by atoms with Gasteiger partial charge >= 0.3 is 5.97 Å². The summed E-state index contributed by atoms with van der Waals surface area (Å²) < 4.78 is 13.7. The maximum atomic E-state index is 13.7. The Morgan fingerprint density at radius 1 is 1.35 bits per heavy atom. The van der Waals surface area contributed by atoms with E-state index in [4.69, 9.17) is 5.11 Å². The number of hydrogen-bond acceptors (Lipinski definition) is 2. The number of hydrogen-bond donors (Lipinski definition) is 2. The Balaban J connectivity index is 2.82. The molecule has 1 atom stereocenters. The summed E-state index contributed by atoms with van der Waals surface area (Å²) in [5.74, 6) is -2.15. The summed E-state index contributed by atoms with van der Waals surface area (Å²) in [5.41, 5.74) is 0.239. The molecule has 110 valence electrons. The Bertz CT molecular complexity index is 520. The average Bonchev–Trinajstić information content (AvgIpc) is 2.30. The number of carbonyl (C=O) groups excluding carboxylic acids is 1. The maximum Gasteiger partial charge on any atom is 0.307 e. The molecule has 5 heteroatoms. The van der Waals surface area contributed by atoms with Crippen LogP contribution in [-0.2, 0) is 16.0 Å². The second-order valence-corrected chi connectivity index (χ2v) is 5.95. The molecule has 1 unspecified atom stereocenters. The molecule has 0 radical (unpaired) electrons. The molecule has 0 aliphatic rings. The van der Waals surface area contributed by atoms with Gasteiger partial charge < -0.3 is 10.4 Å². The Hall–Kier alpha value is -1.91. The normalized spacial score (nSPS) is 12.8. The third-order valence-electron chi connectivity index (χ3n) is 3.35. The van der Waals surface area contributed by atoms with Gasteiger partial charge in [0.25, 0.3) is 0 Å². The zero-order valence-corrected chi connectivity index (χ0v) is 12.2. The lowest BCUT2D eigenvalue weighted by Gasteiger charge is -2.26. The van der Waals surface area contributed by atoms with Crippen LogP contribution < -0.4 is 5.32 Å². The summed E-state index contributed by atoms with van der Waals surface area (Å²) in [6, 6.07) is 4.03. The third-order valence-corrected chi connectivity index (χ3v) is 3.35. The number of halogens is 1. The van der Waals surface area contributed by atoms with Crippen molar-refractivity contribution in [1.29, 1.82) is 0 Å². The van der Waals surface area contributed by atoms with Gasteiger partial charge in [-0.2, -0.15) is 0 Å². The van der Waals surface area contributed by atoms with Crippen LogP contribution in [0.25, 0.3) is 0 Å². The van der Waals surface area contributed by atoms with E-state index in [1.54, 1.807) is 0 Å². The van der Waals surface area contributed by atoms with Gasteiger partial charge in [0.15, 0.2) is 0 Å². The molecule has 0 bridgehead atoms.